The van der Waals surface area contributed by atoms with Gasteiger partial charge in [-0.1, -0.05) is 18.2 Å². The molecule has 2 aromatic rings. The van der Waals surface area contributed by atoms with Crippen molar-refractivity contribution in [3.8, 4) is 0 Å². The summed E-state index contributed by atoms with van der Waals surface area (Å²) in [6.45, 7) is 9.76. The molecule has 0 radical (unpaired) electrons. The number of nitrogens with zero attached hydrogens (tertiary/aromatic N) is 4. The van der Waals surface area contributed by atoms with Crippen LogP contribution in [0.2, 0.25) is 0 Å². The third-order valence-corrected chi connectivity index (χ3v) is 5.12. The van der Waals surface area contributed by atoms with E-state index < -0.39 is 0 Å². The van der Waals surface area contributed by atoms with Gasteiger partial charge in [-0.25, -0.2) is 4.98 Å². The van der Waals surface area contributed by atoms with Gasteiger partial charge in [0.15, 0.2) is 0 Å². The molecule has 1 saturated heterocycles. The number of hydrogen-bond donors (Lipinski definition) is 0. The van der Waals surface area contributed by atoms with E-state index >= 15 is 0 Å². The summed E-state index contributed by atoms with van der Waals surface area (Å²) in [6.07, 6.45) is 5.25. The molecule has 5 nitrogen and oxygen atoms in total. The summed E-state index contributed by atoms with van der Waals surface area (Å²) in [7, 11) is 0. The number of hydrogen-bond acceptors (Lipinski definition) is 3. The Balaban J connectivity index is 1.51. The molecule has 1 atom stereocenters. The Hall–Kier alpha value is -2.30. The highest BCUT2D eigenvalue weighted by Crippen LogP contribution is 2.23. The second-order valence-electron chi connectivity index (χ2n) is 6.94. The normalized spacial score (nSPS) is 17.8. The number of amides is 1. The molecule has 3 rings (SSSR count). The van der Waals surface area contributed by atoms with E-state index in [2.05, 4.69) is 57.5 Å². The van der Waals surface area contributed by atoms with Crippen molar-refractivity contribution in [2.24, 2.45) is 0 Å². The van der Waals surface area contributed by atoms with Crippen LogP contribution in [0.1, 0.15) is 31.2 Å². The molecule has 2 heterocycles. The fourth-order valence-corrected chi connectivity index (χ4v) is 3.65. The van der Waals surface area contributed by atoms with E-state index in [-0.39, 0.29) is 11.9 Å². The Morgan fingerprint density at radius 3 is 2.72 bits per heavy atom. The van der Waals surface area contributed by atoms with Crippen molar-refractivity contribution in [1.29, 1.82) is 0 Å². The molecule has 0 unspecified atom stereocenters. The van der Waals surface area contributed by atoms with Gasteiger partial charge in [-0.3, -0.25) is 4.79 Å². The quantitative estimate of drug-likeness (QED) is 0.840. The number of rotatable bonds is 5. The van der Waals surface area contributed by atoms with E-state index in [0.29, 0.717) is 6.42 Å². The largest absolute Gasteiger partial charge is 0.367 e. The van der Waals surface area contributed by atoms with Gasteiger partial charge in [0.2, 0.25) is 5.91 Å². The third-order valence-electron chi connectivity index (χ3n) is 5.12. The van der Waals surface area contributed by atoms with Crippen molar-refractivity contribution in [3.05, 3.63) is 48.0 Å². The highest BCUT2D eigenvalue weighted by Gasteiger charge is 2.27. The van der Waals surface area contributed by atoms with Crippen LogP contribution in [0.5, 0.6) is 0 Å². The van der Waals surface area contributed by atoms with E-state index in [1.165, 1.54) is 11.3 Å². The van der Waals surface area contributed by atoms with Gasteiger partial charge >= 0.3 is 0 Å². The van der Waals surface area contributed by atoms with Gasteiger partial charge in [0.05, 0.1) is 0 Å². The van der Waals surface area contributed by atoms with Gasteiger partial charge in [-0.2, -0.15) is 0 Å². The van der Waals surface area contributed by atoms with E-state index in [9.17, 15) is 4.79 Å². The number of piperazine rings is 1. The zero-order valence-electron chi connectivity index (χ0n) is 15.5. The van der Waals surface area contributed by atoms with Gasteiger partial charge in [0, 0.05) is 56.7 Å². The van der Waals surface area contributed by atoms with Crippen LogP contribution >= 0.6 is 0 Å². The molecule has 25 heavy (non-hydrogen) atoms. The summed E-state index contributed by atoms with van der Waals surface area (Å²) in [4.78, 5) is 21.3. The first-order chi connectivity index (χ1) is 12.1. The second-order valence-corrected chi connectivity index (χ2v) is 6.94. The molecule has 1 aromatic heterocycles. The van der Waals surface area contributed by atoms with E-state index in [1.807, 2.05) is 19.3 Å². The number of benzene rings is 1. The lowest BCUT2D eigenvalue weighted by Crippen LogP contribution is -2.54. The van der Waals surface area contributed by atoms with Gasteiger partial charge in [-0.15, -0.1) is 0 Å². The maximum absolute atomic E-state index is 12.6. The number of anilines is 1. The average Bonchev–Trinajstić information content (AvgIpc) is 3.00. The zero-order chi connectivity index (χ0) is 17.8. The van der Waals surface area contributed by atoms with E-state index in [0.717, 1.165) is 38.4 Å². The fourth-order valence-electron chi connectivity index (χ4n) is 3.65. The van der Waals surface area contributed by atoms with Crippen molar-refractivity contribution in [2.75, 3.05) is 24.5 Å². The molecule has 1 amide bonds. The Bertz CT molecular complexity index is 724. The molecule has 1 aromatic carbocycles. The number of para-hydroxylation sites is 1. The monoisotopic (exact) mass is 340 g/mol. The Morgan fingerprint density at radius 1 is 1.24 bits per heavy atom. The molecular formula is C20H28N4O. The van der Waals surface area contributed by atoms with Crippen LogP contribution in [0.3, 0.4) is 0 Å². The molecule has 0 N–H and O–H groups in total. The lowest BCUT2D eigenvalue weighted by molar-refractivity contribution is -0.133. The van der Waals surface area contributed by atoms with Crippen molar-refractivity contribution < 1.29 is 4.79 Å². The molecule has 1 fully saturated rings. The first-order valence-electron chi connectivity index (χ1n) is 9.14. The Morgan fingerprint density at radius 2 is 2.04 bits per heavy atom. The number of aromatic nitrogens is 2. The van der Waals surface area contributed by atoms with Crippen molar-refractivity contribution >= 4 is 11.6 Å². The minimum Gasteiger partial charge on any atom is -0.367 e. The summed E-state index contributed by atoms with van der Waals surface area (Å²) in [5, 5.41) is 0. The first kappa shape index (κ1) is 17.5. The summed E-state index contributed by atoms with van der Waals surface area (Å²) >= 11 is 0. The number of imidazole rings is 1. The predicted molar refractivity (Wildman–Crippen MR) is 101 cm³/mol. The molecule has 5 heteroatoms. The molecule has 0 spiro atoms. The number of carbonyl (C=O) groups is 1. The van der Waals surface area contributed by atoms with Crippen LogP contribution < -0.4 is 4.90 Å². The van der Waals surface area contributed by atoms with Gasteiger partial charge in [-0.05, 0) is 38.8 Å². The van der Waals surface area contributed by atoms with Gasteiger partial charge < -0.3 is 14.4 Å². The van der Waals surface area contributed by atoms with E-state index in [4.69, 9.17) is 0 Å². The van der Waals surface area contributed by atoms with Crippen LogP contribution in [-0.2, 0) is 11.3 Å². The minimum atomic E-state index is 0.246. The summed E-state index contributed by atoms with van der Waals surface area (Å²) < 4.78 is 2.10. The van der Waals surface area contributed by atoms with Crippen LogP contribution in [0.25, 0.3) is 0 Å². The Labute approximate surface area is 150 Å². The third kappa shape index (κ3) is 4.03. The van der Waals surface area contributed by atoms with Crippen molar-refractivity contribution in [2.45, 2.75) is 46.2 Å². The summed E-state index contributed by atoms with van der Waals surface area (Å²) in [6, 6.07) is 8.73. The SMILES string of the molecule is Cc1ccccc1N1CCN(C(=O)CCCn2ccnc2C)[C@H](C)C1. The highest BCUT2D eigenvalue weighted by atomic mass is 16.2. The van der Waals surface area contributed by atoms with Crippen molar-refractivity contribution in [3.63, 3.8) is 0 Å². The zero-order valence-corrected chi connectivity index (χ0v) is 15.5. The van der Waals surface area contributed by atoms with Gasteiger partial charge in [0.1, 0.15) is 5.82 Å². The van der Waals surface area contributed by atoms with Crippen LogP contribution in [0.4, 0.5) is 5.69 Å². The highest BCUT2D eigenvalue weighted by molar-refractivity contribution is 5.77. The lowest BCUT2D eigenvalue weighted by atomic mass is 10.1. The van der Waals surface area contributed by atoms with E-state index in [1.54, 1.807) is 0 Å². The smallest absolute Gasteiger partial charge is 0.222 e. The van der Waals surface area contributed by atoms with Gasteiger partial charge in [0.25, 0.3) is 0 Å². The Kier molecular flexibility index (Phi) is 5.41. The second kappa shape index (κ2) is 7.72. The molecule has 0 bridgehead atoms. The number of aryl methyl sites for hydroxylation is 3. The molecule has 1 aliphatic heterocycles. The predicted octanol–water partition coefficient (Wildman–Crippen LogP) is 3.02. The maximum Gasteiger partial charge on any atom is 0.222 e. The van der Waals surface area contributed by atoms with Crippen LogP contribution in [0, 0.1) is 13.8 Å². The summed E-state index contributed by atoms with van der Waals surface area (Å²) in [5.41, 5.74) is 2.59. The van der Waals surface area contributed by atoms with Crippen molar-refractivity contribution in [1.82, 2.24) is 14.5 Å². The molecule has 134 valence electrons. The fraction of sp³-hybridized carbons (Fsp3) is 0.500. The minimum absolute atomic E-state index is 0.246. The average molecular weight is 340 g/mol. The summed E-state index contributed by atoms with van der Waals surface area (Å²) in [5.74, 6) is 1.28. The molecular weight excluding hydrogens is 312 g/mol. The molecule has 1 aliphatic rings. The maximum atomic E-state index is 12.6. The standard InChI is InChI=1S/C20H28N4O/c1-16-7-4-5-8-19(16)23-13-14-24(17(2)15-23)20(25)9-6-11-22-12-10-21-18(22)3/h4-5,7-8,10,12,17H,6,9,11,13-15H2,1-3H3/t17-/m1/s1. The number of carbonyl (C=O) groups excluding carboxylic acids is 1. The first-order valence-corrected chi connectivity index (χ1v) is 9.14. The lowest BCUT2D eigenvalue weighted by Gasteiger charge is -2.41. The molecule has 0 aliphatic carbocycles. The molecule has 0 saturated carbocycles. The topological polar surface area (TPSA) is 41.4 Å². The van der Waals surface area contributed by atoms with Crippen LogP contribution in [-0.4, -0.2) is 46.0 Å². The van der Waals surface area contributed by atoms with Crippen LogP contribution in [0.15, 0.2) is 36.7 Å².